The van der Waals surface area contributed by atoms with Crippen molar-refractivity contribution in [3.63, 3.8) is 0 Å². The largest absolute Gasteiger partial charge is 0.479 e. The zero-order valence-electron chi connectivity index (χ0n) is 10.3. The SMILES string of the molecule is C#CCO[C@H](CCCCc1ccccc1)C(=O)O. The molecule has 3 nitrogen and oxygen atoms in total. The Morgan fingerprint density at radius 2 is 2.06 bits per heavy atom. The van der Waals surface area contributed by atoms with Crippen LogP contribution in [0.4, 0.5) is 0 Å². The van der Waals surface area contributed by atoms with Gasteiger partial charge >= 0.3 is 5.97 Å². The molecule has 0 heterocycles. The first kappa shape index (κ1) is 14.3. The molecule has 0 amide bonds. The first-order valence-electron chi connectivity index (χ1n) is 6.06. The molecule has 0 spiro atoms. The van der Waals surface area contributed by atoms with Gasteiger partial charge in [-0.05, 0) is 31.2 Å². The van der Waals surface area contributed by atoms with Crippen molar-refractivity contribution in [1.29, 1.82) is 0 Å². The van der Waals surface area contributed by atoms with E-state index in [4.69, 9.17) is 16.3 Å². The first-order chi connectivity index (χ1) is 8.74. The Morgan fingerprint density at radius 1 is 1.33 bits per heavy atom. The molecular weight excluding hydrogens is 228 g/mol. The minimum Gasteiger partial charge on any atom is -0.479 e. The smallest absolute Gasteiger partial charge is 0.332 e. The van der Waals surface area contributed by atoms with Gasteiger partial charge in [-0.25, -0.2) is 4.79 Å². The van der Waals surface area contributed by atoms with Crippen LogP contribution in [0, 0.1) is 12.3 Å². The summed E-state index contributed by atoms with van der Waals surface area (Å²) in [7, 11) is 0. The average molecular weight is 246 g/mol. The molecule has 0 fully saturated rings. The molecule has 1 aromatic carbocycles. The molecule has 1 rings (SSSR count). The van der Waals surface area contributed by atoms with Crippen molar-refractivity contribution in [2.75, 3.05) is 6.61 Å². The molecule has 96 valence electrons. The van der Waals surface area contributed by atoms with E-state index in [9.17, 15) is 4.79 Å². The first-order valence-corrected chi connectivity index (χ1v) is 6.06. The van der Waals surface area contributed by atoms with Crippen LogP contribution in [-0.2, 0) is 16.0 Å². The number of unbranched alkanes of at least 4 members (excludes halogenated alkanes) is 1. The summed E-state index contributed by atoms with van der Waals surface area (Å²) in [5, 5.41) is 8.92. The van der Waals surface area contributed by atoms with E-state index in [1.54, 1.807) is 0 Å². The van der Waals surface area contributed by atoms with Crippen molar-refractivity contribution in [1.82, 2.24) is 0 Å². The van der Waals surface area contributed by atoms with Gasteiger partial charge in [0.15, 0.2) is 6.10 Å². The van der Waals surface area contributed by atoms with Crippen LogP contribution in [0.25, 0.3) is 0 Å². The summed E-state index contributed by atoms with van der Waals surface area (Å²) in [6.45, 7) is 0.0512. The number of aryl methyl sites for hydroxylation is 1. The van der Waals surface area contributed by atoms with E-state index in [2.05, 4.69) is 18.1 Å². The van der Waals surface area contributed by atoms with Crippen LogP contribution >= 0.6 is 0 Å². The topological polar surface area (TPSA) is 46.5 Å². The van der Waals surface area contributed by atoms with Crippen LogP contribution in [-0.4, -0.2) is 23.8 Å². The van der Waals surface area contributed by atoms with Gasteiger partial charge in [0.25, 0.3) is 0 Å². The molecular formula is C15H18O3. The third-order valence-electron chi connectivity index (χ3n) is 2.67. The zero-order chi connectivity index (χ0) is 13.2. The van der Waals surface area contributed by atoms with E-state index in [-0.39, 0.29) is 6.61 Å². The molecule has 18 heavy (non-hydrogen) atoms. The monoisotopic (exact) mass is 246 g/mol. The maximum Gasteiger partial charge on any atom is 0.332 e. The van der Waals surface area contributed by atoms with E-state index in [0.29, 0.717) is 6.42 Å². The molecule has 0 saturated heterocycles. The number of carboxylic acid groups (broad SMARTS) is 1. The standard InChI is InChI=1S/C15H18O3/c1-2-12-18-14(15(16)17)11-7-6-10-13-8-4-3-5-9-13/h1,3-5,8-9,14H,6-7,10-12H2,(H,16,17)/t14-/m1/s1. The molecule has 1 aromatic rings. The Morgan fingerprint density at radius 3 is 2.67 bits per heavy atom. The maximum atomic E-state index is 10.9. The predicted octanol–water partition coefficient (Wildman–Crippen LogP) is 2.50. The number of terminal acetylenes is 1. The van der Waals surface area contributed by atoms with Crippen molar-refractivity contribution in [2.45, 2.75) is 31.8 Å². The van der Waals surface area contributed by atoms with Gasteiger partial charge in [0.05, 0.1) is 0 Å². The lowest BCUT2D eigenvalue weighted by Gasteiger charge is -2.11. The summed E-state index contributed by atoms with van der Waals surface area (Å²) in [6.07, 6.45) is 7.49. The lowest BCUT2D eigenvalue weighted by atomic mass is 10.1. The molecule has 0 unspecified atom stereocenters. The highest BCUT2D eigenvalue weighted by Crippen LogP contribution is 2.09. The molecule has 0 radical (unpaired) electrons. The summed E-state index contributed by atoms with van der Waals surface area (Å²) < 4.78 is 5.07. The van der Waals surface area contributed by atoms with Crippen molar-refractivity contribution in [3.05, 3.63) is 35.9 Å². The molecule has 0 aliphatic carbocycles. The van der Waals surface area contributed by atoms with Crippen molar-refractivity contribution in [2.24, 2.45) is 0 Å². The Kier molecular flexibility index (Phi) is 6.60. The third-order valence-corrected chi connectivity index (χ3v) is 2.67. The Balaban J connectivity index is 2.23. The number of benzene rings is 1. The fraction of sp³-hybridized carbons (Fsp3) is 0.400. The van der Waals surface area contributed by atoms with Gasteiger partial charge in [-0.3, -0.25) is 0 Å². The molecule has 3 heteroatoms. The van der Waals surface area contributed by atoms with Gasteiger partial charge < -0.3 is 9.84 Å². The van der Waals surface area contributed by atoms with E-state index in [1.165, 1.54) is 5.56 Å². The lowest BCUT2D eigenvalue weighted by molar-refractivity contribution is -0.149. The predicted molar refractivity (Wildman–Crippen MR) is 70.2 cm³/mol. The Bertz CT molecular complexity index is 392. The number of carboxylic acids is 1. The van der Waals surface area contributed by atoms with Gasteiger partial charge in [0.2, 0.25) is 0 Å². The highest BCUT2D eigenvalue weighted by molar-refractivity contribution is 5.72. The number of hydrogen-bond acceptors (Lipinski definition) is 2. The zero-order valence-corrected chi connectivity index (χ0v) is 10.3. The second-order valence-corrected chi connectivity index (χ2v) is 4.07. The fourth-order valence-electron chi connectivity index (χ4n) is 1.73. The Labute approximate surface area is 108 Å². The number of carbonyl (C=O) groups is 1. The van der Waals surface area contributed by atoms with Crippen LogP contribution in [0.15, 0.2) is 30.3 Å². The molecule has 0 aliphatic rings. The van der Waals surface area contributed by atoms with Gasteiger partial charge in [-0.1, -0.05) is 36.3 Å². The van der Waals surface area contributed by atoms with E-state index < -0.39 is 12.1 Å². The van der Waals surface area contributed by atoms with Crippen LogP contribution in [0.2, 0.25) is 0 Å². The summed E-state index contributed by atoms with van der Waals surface area (Å²) in [6, 6.07) is 10.1. The van der Waals surface area contributed by atoms with Crippen molar-refractivity contribution in [3.8, 4) is 12.3 Å². The van der Waals surface area contributed by atoms with Crippen LogP contribution in [0.5, 0.6) is 0 Å². The van der Waals surface area contributed by atoms with Crippen LogP contribution in [0.3, 0.4) is 0 Å². The second kappa shape index (κ2) is 8.32. The summed E-state index contributed by atoms with van der Waals surface area (Å²) in [5.74, 6) is 1.34. The summed E-state index contributed by atoms with van der Waals surface area (Å²) >= 11 is 0. The summed E-state index contributed by atoms with van der Waals surface area (Å²) in [5.41, 5.74) is 1.27. The number of aliphatic carboxylic acids is 1. The average Bonchev–Trinajstić information content (AvgIpc) is 2.38. The van der Waals surface area contributed by atoms with E-state index in [1.807, 2.05) is 18.2 Å². The maximum absolute atomic E-state index is 10.9. The van der Waals surface area contributed by atoms with Gasteiger partial charge in [0, 0.05) is 0 Å². The Hall–Kier alpha value is -1.79. The quantitative estimate of drug-likeness (QED) is 0.566. The number of ether oxygens (including phenoxy) is 1. The van der Waals surface area contributed by atoms with E-state index >= 15 is 0 Å². The molecule has 0 saturated carbocycles. The van der Waals surface area contributed by atoms with Crippen molar-refractivity contribution < 1.29 is 14.6 Å². The van der Waals surface area contributed by atoms with Crippen molar-refractivity contribution >= 4 is 5.97 Å². The lowest BCUT2D eigenvalue weighted by Crippen LogP contribution is -2.24. The normalized spacial score (nSPS) is 11.7. The highest BCUT2D eigenvalue weighted by Gasteiger charge is 2.16. The minimum atomic E-state index is -0.940. The third kappa shape index (κ3) is 5.51. The minimum absolute atomic E-state index is 0.0512. The number of hydrogen-bond donors (Lipinski definition) is 1. The molecule has 1 atom stereocenters. The molecule has 1 N–H and O–H groups in total. The molecule has 0 bridgehead atoms. The molecule has 0 aromatic heterocycles. The second-order valence-electron chi connectivity index (χ2n) is 4.07. The van der Waals surface area contributed by atoms with Crippen LogP contribution < -0.4 is 0 Å². The highest BCUT2D eigenvalue weighted by atomic mass is 16.5. The number of rotatable bonds is 8. The van der Waals surface area contributed by atoms with Gasteiger partial charge in [-0.15, -0.1) is 6.42 Å². The van der Waals surface area contributed by atoms with Crippen LogP contribution in [0.1, 0.15) is 24.8 Å². The van der Waals surface area contributed by atoms with E-state index in [0.717, 1.165) is 19.3 Å². The summed E-state index contributed by atoms with van der Waals surface area (Å²) in [4.78, 5) is 10.9. The van der Waals surface area contributed by atoms with Gasteiger partial charge in [-0.2, -0.15) is 0 Å². The fourth-order valence-corrected chi connectivity index (χ4v) is 1.73. The molecule has 0 aliphatic heterocycles. The van der Waals surface area contributed by atoms with Gasteiger partial charge in [0.1, 0.15) is 6.61 Å².